The molecule has 0 heterocycles. The third-order valence-electron chi connectivity index (χ3n) is 2.52. The lowest BCUT2D eigenvalue weighted by molar-refractivity contribution is -0.165. The molecule has 110 valence electrons. The average Bonchev–Trinajstić information content (AvgIpc) is 2.40. The van der Waals surface area contributed by atoms with Crippen molar-refractivity contribution in [2.75, 3.05) is 13.4 Å². The van der Waals surface area contributed by atoms with Gasteiger partial charge in [0.2, 0.25) is 6.79 Å². The van der Waals surface area contributed by atoms with Crippen LogP contribution in [-0.4, -0.2) is 25.3 Å². The van der Waals surface area contributed by atoms with Gasteiger partial charge in [-0.15, -0.1) is 0 Å². The molecule has 0 saturated carbocycles. The molecule has 0 unspecified atom stereocenters. The number of carbonyl (C=O) groups excluding carboxylic acids is 2. The standard InChI is InChI=1S/C15H20O5/c1-3-4-9-18-14-7-5-13(6-8-14)10-15(17)20-11-19-12(2)16/h5-8H,3-4,9-11H2,1-2H3. The Morgan fingerprint density at radius 3 is 2.40 bits per heavy atom. The molecular weight excluding hydrogens is 260 g/mol. The lowest BCUT2D eigenvalue weighted by Gasteiger charge is -2.07. The molecule has 0 atom stereocenters. The van der Waals surface area contributed by atoms with E-state index in [2.05, 4.69) is 11.7 Å². The van der Waals surface area contributed by atoms with Gasteiger partial charge < -0.3 is 14.2 Å². The van der Waals surface area contributed by atoms with Crippen LogP contribution in [0.25, 0.3) is 0 Å². The zero-order valence-electron chi connectivity index (χ0n) is 11.9. The number of ether oxygens (including phenoxy) is 3. The summed E-state index contributed by atoms with van der Waals surface area (Å²) in [5.41, 5.74) is 0.820. The van der Waals surface area contributed by atoms with Gasteiger partial charge in [-0.05, 0) is 24.1 Å². The summed E-state index contributed by atoms with van der Waals surface area (Å²) in [5.74, 6) is -0.132. The molecule has 0 fully saturated rings. The molecule has 0 saturated heterocycles. The summed E-state index contributed by atoms with van der Waals surface area (Å²) in [6.45, 7) is 3.71. The van der Waals surface area contributed by atoms with Crippen LogP contribution in [0.4, 0.5) is 0 Å². The van der Waals surface area contributed by atoms with Gasteiger partial charge in [0.25, 0.3) is 0 Å². The Labute approximate surface area is 118 Å². The molecule has 0 spiro atoms. The minimum Gasteiger partial charge on any atom is -0.494 e. The molecule has 5 nitrogen and oxygen atoms in total. The van der Waals surface area contributed by atoms with Gasteiger partial charge in [-0.1, -0.05) is 25.5 Å². The number of hydrogen-bond acceptors (Lipinski definition) is 5. The number of carbonyl (C=O) groups is 2. The Balaban J connectivity index is 2.33. The Morgan fingerprint density at radius 2 is 1.80 bits per heavy atom. The Bertz CT molecular complexity index is 424. The quantitative estimate of drug-likeness (QED) is 0.416. The van der Waals surface area contributed by atoms with Gasteiger partial charge in [0, 0.05) is 6.92 Å². The summed E-state index contributed by atoms with van der Waals surface area (Å²) < 4.78 is 14.8. The molecule has 0 aliphatic heterocycles. The molecule has 0 aromatic heterocycles. The maximum absolute atomic E-state index is 11.4. The second-order valence-corrected chi connectivity index (χ2v) is 4.29. The van der Waals surface area contributed by atoms with Crippen LogP contribution in [0.15, 0.2) is 24.3 Å². The van der Waals surface area contributed by atoms with Gasteiger partial charge in [0.05, 0.1) is 13.0 Å². The highest BCUT2D eigenvalue weighted by Crippen LogP contribution is 2.13. The van der Waals surface area contributed by atoms with Crippen molar-refractivity contribution in [1.82, 2.24) is 0 Å². The lowest BCUT2D eigenvalue weighted by Crippen LogP contribution is -2.12. The van der Waals surface area contributed by atoms with E-state index in [9.17, 15) is 9.59 Å². The molecule has 1 rings (SSSR count). The molecule has 1 aromatic carbocycles. The van der Waals surface area contributed by atoms with Crippen LogP contribution >= 0.6 is 0 Å². The van der Waals surface area contributed by atoms with Crippen molar-refractivity contribution >= 4 is 11.9 Å². The van der Waals surface area contributed by atoms with E-state index >= 15 is 0 Å². The molecule has 20 heavy (non-hydrogen) atoms. The van der Waals surface area contributed by atoms with Gasteiger partial charge in [0.15, 0.2) is 0 Å². The topological polar surface area (TPSA) is 61.8 Å². The summed E-state index contributed by atoms with van der Waals surface area (Å²) >= 11 is 0. The second kappa shape index (κ2) is 8.96. The summed E-state index contributed by atoms with van der Waals surface area (Å²) in [4.78, 5) is 21.9. The molecule has 0 radical (unpaired) electrons. The highest BCUT2D eigenvalue weighted by Gasteiger charge is 2.06. The van der Waals surface area contributed by atoms with Gasteiger partial charge in [-0.3, -0.25) is 9.59 Å². The summed E-state index contributed by atoms with van der Waals surface area (Å²) in [6, 6.07) is 7.28. The average molecular weight is 280 g/mol. The number of esters is 2. The van der Waals surface area contributed by atoms with Gasteiger partial charge in [0.1, 0.15) is 5.75 Å². The molecule has 5 heteroatoms. The third-order valence-corrected chi connectivity index (χ3v) is 2.52. The van der Waals surface area contributed by atoms with Crippen molar-refractivity contribution in [1.29, 1.82) is 0 Å². The van der Waals surface area contributed by atoms with E-state index in [-0.39, 0.29) is 13.2 Å². The van der Waals surface area contributed by atoms with Crippen molar-refractivity contribution in [3.63, 3.8) is 0 Å². The maximum atomic E-state index is 11.4. The van der Waals surface area contributed by atoms with E-state index in [1.165, 1.54) is 6.92 Å². The summed E-state index contributed by atoms with van der Waals surface area (Å²) in [5, 5.41) is 0. The number of unbranched alkanes of at least 4 members (excludes halogenated alkanes) is 1. The van der Waals surface area contributed by atoms with Crippen LogP contribution in [-0.2, 0) is 25.5 Å². The maximum Gasteiger partial charge on any atom is 0.313 e. The smallest absolute Gasteiger partial charge is 0.313 e. The number of hydrogen-bond donors (Lipinski definition) is 0. The van der Waals surface area contributed by atoms with E-state index in [0.717, 1.165) is 24.2 Å². The fourth-order valence-corrected chi connectivity index (χ4v) is 1.43. The van der Waals surface area contributed by atoms with Crippen LogP contribution < -0.4 is 4.74 Å². The van der Waals surface area contributed by atoms with Crippen molar-refractivity contribution in [3.8, 4) is 5.75 Å². The van der Waals surface area contributed by atoms with Crippen LogP contribution in [0.5, 0.6) is 5.75 Å². The first-order chi connectivity index (χ1) is 9.61. The normalized spacial score (nSPS) is 9.90. The van der Waals surface area contributed by atoms with E-state index in [0.29, 0.717) is 6.61 Å². The summed E-state index contributed by atoms with van der Waals surface area (Å²) in [7, 11) is 0. The first kappa shape index (κ1) is 16.0. The first-order valence-electron chi connectivity index (χ1n) is 6.62. The molecular formula is C15H20O5. The first-order valence-corrected chi connectivity index (χ1v) is 6.62. The predicted molar refractivity (Wildman–Crippen MR) is 73.3 cm³/mol. The van der Waals surface area contributed by atoms with E-state index in [1.807, 2.05) is 24.3 Å². The van der Waals surface area contributed by atoms with Crippen molar-refractivity contribution in [2.24, 2.45) is 0 Å². The van der Waals surface area contributed by atoms with Crippen LogP contribution in [0.1, 0.15) is 32.3 Å². The molecule has 1 aromatic rings. The lowest BCUT2D eigenvalue weighted by atomic mass is 10.1. The SMILES string of the molecule is CCCCOc1ccc(CC(=O)OCOC(C)=O)cc1. The number of rotatable bonds is 8. The van der Waals surface area contributed by atoms with Gasteiger partial charge in [-0.2, -0.15) is 0 Å². The monoisotopic (exact) mass is 280 g/mol. The molecule has 0 aliphatic carbocycles. The zero-order valence-corrected chi connectivity index (χ0v) is 11.9. The number of benzene rings is 1. The third kappa shape index (κ3) is 6.78. The van der Waals surface area contributed by atoms with Gasteiger partial charge in [-0.25, -0.2) is 0 Å². The van der Waals surface area contributed by atoms with E-state index in [4.69, 9.17) is 9.47 Å². The highest BCUT2D eigenvalue weighted by atomic mass is 16.7. The van der Waals surface area contributed by atoms with Crippen molar-refractivity contribution in [3.05, 3.63) is 29.8 Å². The van der Waals surface area contributed by atoms with Crippen molar-refractivity contribution in [2.45, 2.75) is 33.1 Å². The predicted octanol–water partition coefficient (Wildman–Crippen LogP) is 2.47. The van der Waals surface area contributed by atoms with Crippen LogP contribution in [0.3, 0.4) is 0 Å². The summed E-state index contributed by atoms with van der Waals surface area (Å²) in [6.07, 6.45) is 2.24. The van der Waals surface area contributed by atoms with E-state index < -0.39 is 11.9 Å². The van der Waals surface area contributed by atoms with E-state index in [1.54, 1.807) is 0 Å². The van der Waals surface area contributed by atoms with Crippen LogP contribution in [0, 0.1) is 0 Å². The van der Waals surface area contributed by atoms with Crippen molar-refractivity contribution < 1.29 is 23.8 Å². The van der Waals surface area contributed by atoms with Gasteiger partial charge >= 0.3 is 11.9 Å². The second-order valence-electron chi connectivity index (χ2n) is 4.29. The fraction of sp³-hybridized carbons (Fsp3) is 0.467. The molecule has 0 bridgehead atoms. The highest BCUT2D eigenvalue weighted by molar-refractivity contribution is 5.72. The van der Waals surface area contributed by atoms with Crippen LogP contribution in [0.2, 0.25) is 0 Å². The minimum absolute atomic E-state index is 0.135. The molecule has 0 aliphatic rings. The molecule has 0 amide bonds. The fourth-order valence-electron chi connectivity index (χ4n) is 1.43. The molecule has 0 N–H and O–H groups in total. The Kier molecular flexibility index (Phi) is 7.17. The Hall–Kier alpha value is -2.04. The zero-order chi connectivity index (χ0) is 14.8. The largest absolute Gasteiger partial charge is 0.494 e. The Morgan fingerprint density at radius 1 is 1.10 bits per heavy atom. The minimum atomic E-state index is -0.480.